The molecule has 0 aliphatic carbocycles. The van der Waals surface area contributed by atoms with Gasteiger partial charge in [-0.2, -0.15) is 5.10 Å². The Bertz CT molecular complexity index is 1880. The van der Waals surface area contributed by atoms with E-state index in [9.17, 15) is 13.6 Å². The summed E-state index contributed by atoms with van der Waals surface area (Å²) >= 11 is 0. The maximum absolute atomic E-state index is 15.0. The van der Waals surface area contributed by atoms with Crippen molar-refractivity contribution in [2.75, 3.05) is 5.73 Å². The molecule has 37 heavy (non-hydrogen) atoms. The van der Waals surface area contributed by atoms with Crippen molar-refractivity contribution < 1.29 is 8.78 Å². The normalized spacial score (nSPS) is 11.4. The summed E-state index contributed by atoms with van der Waals surface area (Å²) in [4.78, 5) is 26.6. The molecule has 0 saturated carbocycles. The van der Waals surface area contributed by atoms with Crippen molar-refractivity contribution in [1.82, 2.24) is 29.3 Å². The van der Waals surface area contributed by atoms with Gasteiger partial charge >= 0.3 is 0 Å². The molecule has 6 rings (SSSR count). The molecule has 0 radical (unpaired) electrons. The monoisotopic (exact) mass is 495 g/mol. The van der Waals surface area contributed by atoms with Crippen LogP contribution >= 0.6 is 0 Å². The van der Waals surface area contributed by atoms with Gasteiger partial charge in [-0.05, 0) is 61.0 Å². The number of anilines is 1. The Labute approximate surface area is 208 Å². The summed E-state index contributed by atoms with van der Waals surface area (Å²) in [5.41, 5.74) is 9.05. The summed E-state index contributed by atoms with van der Waals surface area (Å²) in [5.74, 6) is -0.724. The van der Waals surface area contributed by atoms with Gasteiger partial charge in [-0.3, -0.25) is 14.3 Å². The van der Waals surface area contributed by atoms with Crippen LogP contribution in [0, 0.1) is 18.6 Å². The van der Waals surface area contributed by atoms with E-state index in [0.717, 1.165) is 5.56 Å². The van der Waals surface area contributed by atoms with Crippen molar-refractivity contribution >= 4 is 27.8 Å². The summed E-state index contributed by atoms with van der Waals surface area (Å²) in [7, 11) is 0. The number of pyridine rings is 2. The van der Waals surface area contributed by atoms with E-state index in [-0.39, 0.29) is 23.9 Å². The van der Waals surface area contributed by atoms with E-state index in [4.69, 9.17) is 10.8 Å². The minimum absolute atomic E-state index is 0.0449. The molecule has 8 nitrogen and oxygen atoms in total. The third kappa shape index (κ3) is 3.70. The number of rotatable bonds is 4. The molecule has 0 atom stereocenters. The number of fused-ring (bicyclic) bond motifs is 2. The first-order valence-electron chi connectivity index (χ1n) is 11.4. The van der Waals surface area contributed by atoms with E-state index in [0.29, 0.717) is 38.9 Å². The summed E-state index contributed by atoms with van der Waals surface area (Å²) in [6.45, 7) is 1.86. The predicted molar refractivity (Wildman–Crippen MR) is 136 cm³/mol. The van der Waals surface area contributed by atoms with Gasteiger partial charge in [0.25, 0.3) is 5.56 Å². The lowest BCUT2D eigenvalue weighted by atomic mass is 10.1. The van der Waals surface area contributed by atoms with Gasteiger partial charge < -0.3 is 5.73 Å². The summed E-state index contributed by atoms with van der Waals surface area (Å²) < 4.78 is 31.5. The Balaban J connectivity index is 1.62. The van der Waals surface area contributed by atoms with Crippen LogP contribution in [-0.2, 0) is 6.54 Å². The highest BCUT2D eigenvalue weighted by Crippen LogP contribution is 2.31. The molecule has 0 fully saturated rings. The second-order valence-electron chi connectivity index (χ2n) is 8.59. The van der Waals surface area contributed by atoms with E-state index in [2.05, 4.69) is 15.0 Å². The van der Waals surface area contributed by atoms with Crippen molar-refractivity contribution in [3.05, 3.63) is 106 Å². The Morgan fingerprint density at radius 3 is 2.51 bits per heavy atom. The van der Waals surface area contributed by atoms with Crippen molar-refractivity contribution in [3.8, 4) is 16.9 Å². The Kier molecular flexibility index (Phi) is 5.22. The van der Waals surface area contributed by atoms with Crippen LogP contribution in [0.4, 0.5) is 14.6 Å². The minimum Gasteiger partial charge on any atom is -0.383 e. The molecule has 2 aromatic carbocycles. The molecule has 0 aliphatic heterocycles. The molecular formula is C27H19F2N7O. The topological polar surface area (TPSA) is 105 Å². The summed E-state index contributed by atoms with van der Waals surface area (Å²) in [6.07, 6.45) is 2.94. The lowest BCUT2D eigenvalue weighted by Gasteiger charge is -2.16. The number of benzene rings is 2. The fourth-order valence-electron chi connectivity index (χ4n) is 4.55. The van der Waals surface area contributed by atoms with E-state index >= 15 is 0 Å². The van der Waals surface area contributed by atoms with Crippen molar-refractivity contribution in [1.29, 1.82) is 0 Å². The number of aryl methyl sites for hydroxylation is 1. The molecule has 4 heterocycles. The van der Waals surface area contributed by atoms with Gasteiger partial charge in [-0.15, -0.1) is 0 Å². The number of aromatic nitrogens is 6. The molecule has 0 bridgehead atoms. The number of nitrogens with zero attached hydrogens (tertiary/aromatic N) is 6. The number of para-hydroxylation sites is 1. The zero-order chi connectivity index (χ0) is 25.7. The third-order valence-corrected chi connectivity index (χ3v) is 6.28. The van der Waals surface area contributed by atoms with Gasteiger partial charge in [0, 0.05) is 11.8 Å². The molecule has 0 aliphatic rings. The fourth-order valence-corrected chi connectivity index (χ4v) is 4.55. The fraction of sp³-hybridized carbons (Fsp3) is 0.0741. The SMILES string of the molecule is Cc1ccnc2cc(Cn3nc(-c4ccc(F)cc4)c4c(N)ncnc43)n(-c3ccccc3F)c(=O)c12. The van der Waals surface area contributed by atoms with Gasteiger partial charge in [0.2, 0.25) is 0 Å². The van der Waals surface area contributed by atoms with Crippen LogP contribution in [0.25, 0.3) is 38.9 Å². The van der Waals surface area contributed by atoms with E-state index in [1.54, 1.807) is 53.3 Å². The molecule has 4 aromatic heterocycles. The number of nitrogen functional groups attached to an aromatic ring is 1. The van der Waals surface area contributed by atoms with Gasteiger partial charge in [0.05, 0.1) is 34.2 Å². The van der Waals surface area contributed by atoms with Gasteiger partial charge in [-0.1, -0.05) is 12.1 Å². The first kappa shape index (κ1) is 22.5. The molecular weight excluding hydrogens is 476 g/mol. The van der Waals surface area contributed by atoms with Gasteiger partial charge in [-0.25, -0.2) is 23.4 Å². The summed E-state index contributed by atoms with van der Waals surface area (Å²) in [5, 5.41) is 5.60. The van der Waals surface area contributed by atoms with E-state index in [1.165, 1.54) is 29.1 Å². The molecule has 0 saturated heterocycles. The van der Waals surface area contributed by atoms with E-state index in [1.807, 2.05) is 6.92 Å². The average molecular weight is 495 g/mol. The standard InChI is InChI=1S/C27H19F2N7O/c1-15-10-11-31-20-12-18(36(27(37)22(15)20)21-5-3-2-4-19(21)29)13-35-26-23(25(30)32-14-33-26)24(34-35)16-6-8-17(28)9-7-16/h2-12,14H,13H2,1H3,(H2,30,32,33). The largest absolute Gasteiger partial charge is 0.383 e. The molecule has 0 unspecified atom stereocenters. The second-order valence-corrected chi connectivity index (χ2v) is 8.59. The smallest absolute Gasteiger partial charge is 0.265 e. The molecule has 10 heteroatoms. The van der Waals surface area contributed by atoms with Crippen molar-refractivity contribution in [2.45, 2.75) is 13.5 Å². The maximum Gasteiger partial charge on any atom is 0.265 e. The van der Waals surface area contributed by atoms with Gasteiger partial charge in [0.15, 0.2) is 5.65 Å². The Morgan fingerprint density at radius 2 is 1.73 bits per heavy atom. The minimum atomic E-state index is -0.546. The van der Waals surface area contributed by atoms with Gasteiger partial charge in [0.1, 0.15) is 29.5 Å². The molecule has 6 aromatic rings. The second kappa shape index (κ2) is 8.59. The quantitative estimate of drug-likeness (QED) is 0.389. The highest BCUT2D eigenvalue weighted by molar-refractivity contribution is 5.98. The Hall–Kier alpha value is -4.99. The van der Waals surface area contributed by atoms with Crippen LogP contribution in [0.3, 0.4) is 0 Å². The molecule has 0 spiro atoms. The molecule has 182 valence electrons. The first-order valence-corrected chi connectivity index (χ1v) is 11.4. The van der Waals surface area contributed by atoms with Crippen molar-refractivity contribution in [3.63, 3.8) is 0 Å². The highest BCUT2D eigenvalue weighted by atomic mass is 19.1. The van der Waals surface area contributed by atoms with Crippen LogP contribution in [0.15, 0.2) is 78.0 Å². The number of hydrogen-bond acceptors (Lipinski definition) is 6. The number of hydrogen-bond donors (Lipinski definition) is 1. The van der Waals surface area contributed by atoms with Crippen molar-refractivity contribution in [2.24, 2.45) is 0 Å². The summed E-state index contributed by atoms with van der Waals surface area (Å²) in [6, 6.07) is 15.4. The van der Waals surface area contributed by atoms with Crippen LogP contribution in [0.5, 0.6) is 0 Å². The maximum atomic E-state index is 15.0. The number of halogens is 2. The predicted octanol–water partition coefficient (Wildman–Crippen LogP) is 4.41. The van der Waals surface area contributed by atoms with E-state index < -0.39 is 11.4 Å². The first-order chi connectivity index (χ1) is 17.9. The lowest BCUT2D eigenvalue weighted by molar-refractivity contribution is 0.606. The zero-order valence-electron chi connectivity index (χ0n) is 19.6. The van der Waals surface area contributed by atoms with Crippen LogP contribution in [-0.4, -0.2) is 29.3 Å². The third-order valence-electron chi connectivity index (χ3n) is 6.28. The number of nitrogens with two attached hydrogens (primary N) is 1. The lowest BCUT2D eigenvalue weighted by Crippen LogP contribution is -2.25. The highest BCUT2D eigenvalue weighted by Gasteiger charge is 2.21. The van der Waals surface area contributed by atoms with Crippen LogP contribution in [0.2, 0.25) is 0 Å². The molecule has 0 amide bonds. The zero-order valence-corrected chi connectivity index (χ0v) is 19.6. The van der Waals surface area contributed by atoms with Crippen LogP contribution in [0.1, 0.15) is 11.3 Å². The average Bonchev–Trinajstić information content (AvgIpc) is 3.25. The molecule has 2 N–H and O–H groups in total. The van der Waals surface area contributed by atoms with Crippen LogP contribution < -0.4 is 11.3 Å². The Morgan fingerprint density at radius 1 is 0.946 bits per heavy atom.